The van der Waals surface area contributed by atoms with E-state index < -0.39 is 0 Å². The fourth-order valence-corrected chi connectivity index (χ4v) is 6.03. The number of aromatic amines is 2. The van der Waals surface area contributed by atoms with Crippen LogP contribution in [0.2, 0.25) is 0 Å². The van der Waals surface area contributed by atoms with Crippen molar-refractivity contribution in [1.82, 2.24) is 40.7 Å². The third kappa shape index (κ3) is 5.89. The van der Waals surface area contributed by atoms with E-state index in [1.165, 1.54) is 12.8 Å². The minimum Gasteiger partial charge on any atom is -0.367 e. The Labute approximate surface area is 247 Å². The highest BCUT2D eigenvalue weighted by molar-refractivity contribution is 5.96. The molecule has 3 aromatic heterocycles. The zero-order chi connectivity index (χ0) is 29.1. The number of hydrogen-bond acceptors (Lipinski definition) is 7. The third-order valence-electron chi connectivity index (χ3n) is 8.49. The van der Waals surface area contributed by atoms with Gasteiger partial charge < -0.3 is 25.4 Å². The fraction of sp³-hybridized carbons (Fsp3) is 0.364. The number of fused-ring (bicyclic) bond motifs is 2. The molecule has 2 saturated heterocycles. The summed E-state index contributed by atoms with van der Waals surface area (Å²) in [7, 11) is 2.17. The van der Waals surface area contributed by atoms with Gasteiger partial charge in [0.15, 0.2) is 11.5 Å². The van der Waals surface area contributed by atoms with Gasteiger partial charge in [-0.05, 0) is 93.7 Å². The van der Waals surface area contributed by atoms with Gasteiger partial charge in [-0.2, -0.15) is 5.10 Å². The van der Waals surface area contributed by atoms with Crippen molar-refractivity contribution >= 4 is 33.3 Å². The maximum absolute atomic E-state index is 4.86. The van der Waals surface area contributed by atoms with Gasteiger partial charge in [-0.3, -0.25) is 5.10 Å². The maximum Gasteiger partial charge on any atom is 0.180 e. The highest BCUT2D eigenvalue weighted by Crippen LogP contribution is 2.32. The van der Waals surface area contributed by atoms with Crippen LogP contribution in [0.3, 0.4) is 0 Å². The molecule has 9 nitrogen and oxygen atoms in total. The molecule has 0 amide bonds. The summed E-state index contributed by atoms with van der Waals surface area (Å²) in [6, 6.07) is 8.44. The molecule has 9 heteroatoms. The van der Waals surface area contributed by atoms with Crippen molar-refractivity contribution in [3.8, 4) is 11.5 Å². The Bertz CT molecular complexity index is 1640. The molecule has 4 N–H and O–H groups in total. The van der Waals surface area contributed by atoms with E-state index in [0.717, 1.165) is 96.0 Å². The molecule has 0 bridgehead atoms. The molecule has 0 unspecified atom stereocenters. The largest absolute Gasteiger partial charge is 0.367 e. The van der Waals surface area contributed by atoms with Crippen molar-refractivity contribution in [1.29, 1.82) is 0 Å². The van der Waals surface area contributed by atoms with E-state index in [1.54, 1.807) is 0 Å². The number of pyridine rings is 1. The Balaban J connectivity index is 1.27. The summed E-state index contributed by atoms with van der Waals surface area (Å²) in [5.74, 6) is 1.38. The van der Waals surface area contributed by atoms with Crippen molar-refractivity contribution < 1.29 is 0 Å². The Morgan fingerprint density at radius 2 is 1.95 bits per heavy atom. The number of benzene rings is 1. The van der Waals surface area contributed by atoms with Crippen LogP contribution in [0, 0.1) is 5.92 Å². The fourth-order valence-electron chi connectivity index (χ4n) is 6.03. The lowest BCUT2D eigenvalue weighted by molar-refractivity contribution is 0.313. The van der Waals surface area contributed by atoms with E-state index in [9.17, 15) is 0 Å². The Hall–Kier alpha value is -4.21. The van der Waals surface area contributed by atoms with Crippen LogP contribution in [-0.2, 0) is 0 Å². The van der Waals surface area contributed by atoms with Gasteiger partial charge >= 0.3 is 0 Å². The number of imidazole rings is 1. The summed E-state index contributed by atoms with van der Waals surface area (Å²) in [6.07, 6.45) is 11.3. The summed E-state index contributed by atoms with van der Waals surface area (Å²) in [6.45, 7) is 16.6. The number of allylic oxidation sites excluding steroid dienone is 5. The normalized spacial score (nSPS) is 17.7. The maximum atomic E-state index is 4.86. The van der Waals surface area contributed by atoms with Gasteiger partial charge in [-0.25, -0.2) is 9.97 Å². The number of aromatic nitrogens is 5. The molecule has 0 spiro atoms. The van der Waals surface area contributed by atoms with Gasteiger partial charge in [0.1, 0.15) is 11.2 Å². The average Bonchev–Trinajstić information content (AvgIpc) is 3.64. The van der Waals surface area contributed by atoms with Crippen LogP contribution >= 0.6 is 0 Å². The average molecular weight is 564 g/mol. The predicted molar refractivity (Wildman–Crippen MR) is 173 cm³/mol. The van der Waals surface area contributed by atoms with E-state index in [1.807, 2.05) is 12.3 Å². The van der Waals surface area contributed by atoms with Crippen LogP contribution in [0.5, 0.6) is 0 Å². The second kappa shape index (κ2) is 12.3. The van der Waals surface area contributed by atoms with E-state index >= 15 is 0 Å². The van der Waals surface area contributed by atoms with Crippen LogP contribution in [0.25, 0.3) is 39.2 Å². The molecule has 0 radical (unpaired) electrons. The number of piperazine rings is 1. The number of anilines is 1. The van der Waals surface area contributed by atoms with Crippen LogP contribution < -0.4 is 15.5 Å². The van der Waals surface area contributed by atoms with Crippen molar-refractivity contribution in [2.24, 2.45) is 5.92 Å². The molecular weight excluding hydrogens is 522 g/mol. The van der Waals surface area contributed by atoms with Gasteiger partial charge in [-0.1, -0.05) is 25.3 Å². The molecule has 2 aliphatic heterocycles. The van der Waals surface area contributed by atoms with Crippen molar-refractivity contribution in [2.45, 2.75) is 26.2 Å². The van der Waals surface area contributed by atoms with Gasteiger partial charge in [0.25, 0.3) is 0 Å². The summed E-state index contributed by atoms with van der Waals surface area (Å²) >= 11 is 0. The second-order valence-corrected chi connectivity index (χ2v) is 11.4. The van der Waals surface area contributed by atoms with E-state index in [4.69, 9.17) is 4.98 Å². The number of nitrogens with zero attached hydrogens (tertiary/aromatic N) is 5. The quantitative estimate of drug-likeness (QED) is 0.207. The molecule has 1 aromatic carbocycles. The zero-order valence-corrected chi connectivity index (χ0v) is 24.7. The first kappa shape index (κ1) is 27.9. The minimum absolute atomic E-state index is 0.673. The monoisotopic (exact) mass is 563 g/mol. The summed E-state index contributed by atoms with van der Waals surface area (Å²) in [5.41, 5.74) is 8.68. The molecule has 0 atom stereocenters. The van der Waals surface area contributed by atoms with Gasteiger partial charge in [0.2, 0.25) is 0 Å². The number of nitrogens with one attached hydrogen (secondary N) is 4. The minimum atomic E-state index is 0.673. The molecule has 4 aromatic rings. The SMILES string of the molecule is C=C/C(=C\C(=C/C)c1ccc2[nH]nc(-c3nc4nccc(N5CCN(C)CC5)c4[nH]3)c2c1)NC(=C)CC1CCNCC1. The van der Waals surface area contributed by atoms with Gasteiger partial charge in [-0.15, -0.1) is 0 Å². The third-order valence-corrected chi connectivity index (χ3v) is 8.49. The van der Waals surface area contributed by atoms with Crippen LogP contribution in [0.15, 0.2) is 73.2 Å². The van der Waals surface area contributed by atoms with Gasteiger partial charge in [0.05, 0.1) is 11.2 Å². The topological polar surface area (TPSA) is 101 Å². The number of likely N-dealkylation sites (N-methyl/N-ethyl adjacent to an activating group) is 1. The Kier molecular flexibility index (Phi) is 8.21. The molecule has 6 rings (SSSR count). The number of H-pyrrole nitrogens is 2. The second-order valence-electron chi connectivity index (χ2n) is 11.4. The van der Waals surface area contributed by atoms with Crippen molar-refractivity contribution in [3.63, 3.8) is 0 Å². The summed E-state index contributed by atoms with van der Waals surface area (Å²) in [4.78, 5) is 17.7. The lowest BCUT2D eigenvalue weighted by Crippen LogP contribution is -2.44. The number of hydrogen-bond donors (Lipinski definition) is 4. The zero-order valence-electron chi connectivity index (χ0n) is 24.7. The molecule has 0 aliphatic carbocycles. The smallest absolute Gasteiger partial charge is 0.180 e. The lowest BCUT2D eigenvalue weighted by atomic mass is 9.93. The summed E-state index contributed by atoms with van der Waals surface area (Å²) < 4.78 is 0. The molecule has 218 valence electrons. The van der Waals surface area contributed by atoms with E-state index in [2.05, 4.69) is 104 Å². The number of rotatable bonds is 9. The molecule has 2 aliphatic rings. The van der Waals surface area contributed by atoms with Crippen molar-refractivity contribution in [3.05, 3.63) is 78.8 Å². The first-order valence-electron chi connectivity index (χ1n) is 15.0. The Morgan fingerprint density at radius 1 is 1.14 bits per heavy atom. The van der Waals surface area contributed by atoms with Crippen molar-refractivity contribution in [2.75, 3.05) is 51.2 Å². The Morgan fingerprint density at radius 3 is 2.71 bits per heavy atom. The lowest BCUT2D eigenvalue weighted by Gasteiger charge is -2.34. The summed E-state index contributed by atoms with van der Waals surface area (Å²) in [5, 5.41) is 15.8. The first-order chi connectivity index (χ1) is 20.5. The highest BCUT2D eigenvalue weighted by Gasteiger charge is 2.21. The molecule has 2 fully saturated rings. The van der Waals surface area contributed by atoms with E-state index in [0.29, 0.717) is 17.4 Å². The molecule has 42 heavy (non-hydrogen) atoms. The van der Waals surface area contributed by atoms with Crippen LogP contribution in [0.1, 0.15) is 31.7 Å². The highest BCUT2D eigenvalue weighted by atomic mass is 15.3. The molecule has 5 heterocycles. The van der Waals surface area contributed by atoms with E-state index in [-0.39, 0.29) is 0 Å². The molecule has 0 saturated carbocycles. The van der Waals surface area contributed by atoms with Crippen LogP contribution in [-0.4, -0.2) is 76.4 Å². The van der Waals surface area contributed by atoms with Crippen LogP contribution in [0.4, 0.5) is 5.69 Å². The van der Waals surface area contributed by atoms with Gasteiger partial charge in [0, 0.05) is 49.2 Å². The standard InChI is InChI=1S/C33H41N9/c1-5-24(20-26(6-2)36-22(3)19-23-9-12-34-13-10-23)25-7-8-28-27(21-25)30(40-39-28)33-37-31-29(11-14-35-32(31)38-33)42-17-15-41(4)16-18-42/h5-8,11,14,20-21,23,34,36H,2-3,9-10,12-13,15-19H2,1,4H3,(H,39,40)(H,35,37,38)/b24-5+,26-20+. The number of piperidine rings is 1. The predicted octanol–water partition coefficient (Wildman–Crippen LogP) is 5.22. The first-order valence-corrected chi connectivity index (χ1v) is 15.0. The molecular formula is C33H41N9.